The summed E-state index contributed by atoms with van der Waals surface area (Å²) >= 11 is 0. The number of anilines is 6. The highest BCUT2D eigenvalue weighted by Crippen LogP contribution is 2.54. The standard InChI is InChI=1S/C85H53BN4O/c87-54-55-43-48-76-71(49-55)69-36-17-19-41-75(69)88(76)64-44-46-72-77(53-64)90(83-67(59-29-12-4-13-30-59)38-21-39-68(83)60-31-14-5-15-32-60)79-52-63(62-34-20-33-61(50-62)56-23-6-1-7-24-56)51-78-82(79)86(72)73-47-45-70-81-66(58-27-10-3-11-28-58)37-22-42-80(81)91-85(70)84(73)89(78)74-40-18-16-35-65(74)57-25-8-2-9-26-57/h1-53H. The molecule has 0 bridgehead atoms. The van der Waals surface area contributed by atoms with Crippen LogP contribution in [0.25, 0.3) is 116 Å². The molecule has 91 heavy (non-hydrogen) atoms. The van der Waals surface area contributed by atoms with E-state index in [0.717, 1.165) is 161 Å². The first-order chi connectivity index (χ1) is 45.1. The fourth-order valence-electron chi connectivity index (χ4n) is 14.8. The van der Waals surface area contributed by atoms with Crippen LogP contribution in [0.1, 0.15) is 5.56 Å². The topological polar surface area (TPSA) is 48.3 Å². The highest BCUT2D eigenvalue weighted by Gasteiger charge is 2.46. The van der Waals surface area contributed by atoms with Crippen LogP contribution in [0, 0.1) is 11.3 Å². The lowest BCUT2D eigenvalue weighted by atomic mass is 9.33. The lowest BCUT2D eigenvalue weighted by molar-refractivity contribution is 0.669. The highest BCUT2D eigenvalue weighted by molar-refractivity contribution is 7.00. The Bertz CT molecular complexity index is 5560. The van der Waals surface area contributed by atoms with Gasteiger partial charge in [0.2, 0.25) is 0 Å². The molecule has 0 saturated carbocycles. The monoisotopic (exact) mass is 1160 g/mol. The number of para-hydroxylation sites is 3. The average molecular weight is 1160 g/mol. The Morgan fingerprint density at radius 2 is 0.835 bits per heavy atom. The maximum atomic E-state index is 10.3. The van der Waals surface area contributed by atoms with Crippen LogP contribution in [0.4, 0.5) is 34.1 Å². The average Bonchev–Trinajstić information content (AvgIpc) is 1.36. The largest absolute Gasteiger partial charge is 0.454 e. The van der Waals surface area contributed by atoms with Crippen molar-refractivity contribution in [3.05, 3.63) is 327 Å². The molecule has 18 rings (SSSR count). The van der Waals surface area contributed by atoms with E-state index in [1.165, 1.54) is 5.46 Å². The van der Waals surface area contributed by atoms with Crippen molar-refractivity contribution in [2.45, 2.75) is 0 Å². The Kier molecular flexibility index (Phi) is 12.0. The van der Waals surface area contributed by atoms with Gasteiger partial charge in [0.1, 0.15) is 5.58 Å². The van der Waals surface area contributed by atoms with Crippen molar-refractivity contribution in [1.29, 1.82) is 5.26 Å². The summed E-state index contributed by atoms with van der Waals surface area (Å²) < 4.78 is 9.93. The molecule has 2 aliphatic heterocycles. The van der Waals surface area contributed by atoms with Gasteiger partial charge < -0.3 is 18.8 Å². The zero-order chi connectivity index (χ0) is 60.1. The van der Waals surface area contributed by atoms with Crippen molar-refractivity contribution >= 4 is 101 Å². The van der Waals surface area contributed by atoms with E-state index in [-0.39, 0.29) is 6.71 Å². The van der Waals surface area contributed by atoms with Crippen LogP contribution >= 0.6 is 0 Å². The fraction of sp³-hybridized carbons (Fsp3) is 0. The number of benzene rings is 14. The first-order valence-corrected chi connectivity index (χ1v) is 31.1. The third-order valence-corrected chi connectivity index (χ3v) is 18.8. The van der Waals surface area contributed by atoms with Gasteiger partial charge in [0.25, 0.3) is 6.71 Å². The van der Waals surface area contributed by atoms with Crippen molar-refractivity contribution in [1.82, 2.24) is 4.57 Å². The molecule has 0 spiro atoms. The Morgan fingerprint density at radius 1 is 0.319 bits per heavy atom. The molecule has 14 aromatic carbocycles. The van der Waals surface area contributed by atoms with Crippen LogP contribution in [-0.4, -0.2) is 11.3 Å². The Hall–Kier alpha value is -12.2. The zero-order valence-electron chi connectivity index (χ0n) is 49.4. The molecule has 0 amide bonds. The van der Waals surface area contributed by atoms with Crippen molar-refractivity contribution in [3.63, 3.8) is 0 Å². The summed E-state index contributed by atoms with van der Waals surface area (Å²) in [5.74, 6) is 0. The van der Waals surface area contributed by atoms with Gasteiger partial charge in [0, 0.05) is 61.0 Å². The lowest BCUT2D eigenvalue weighted by Gasteiger charge is -2.45. The highest BCUT2D eigenvalue weighted by atomic mass is 16.3. The molecule has 422 valence electrons. The van der Waals surface area contributed by atoms with Crippen molar-refractivity contribution in [3.8, 4) is 78.5 Å². The maximum absolute atomic E-state index is 10.3. The van der Waals surface area contributed by atoms with Gasteiger partial charge in [-0.3, -0.25) is 0 Å². The number of nitriles is 1. The van der Waals surface area contributed by atoms with E-state index in [4.69, 9.17) is 4.42 Å². The second-order valence-electron chi connectivity index (χ2n) is 23.8. The molecule has 0 atom stereocenters. The molecule has 4 heterocycles. The van der Waals surface area contributed by atoms with E-state index in [1.807, 2.05) is 12.1 Å². The van der Waals surface area contributed by atoms with Gasteiger partial charge in [-0.25, -0.2) is 0 Å². The molecule has 0 unspecified atom stereocenters. The molecule has 0 fully saturated rings. The lowest BCUT2D eigenvalue weighted by Crippen LogP contribution is -2.61. The van der Waals surface area contributed by atoms with Crippen LogP contribution in [0.5, 0.6) is 0 Å². The van der Waals surface area contributed by atoms with E-state index >= 15 is 0 Å². The maximum Gasteiger partial charge on any atom is 0.252 e. The molecular formula is C85H53BN4O. The second kappa shape index (κ2) is 21.0. The third kappa shape index (κ3) is 8.26. The summed E-state index contributed by atoms with van der Waals surface area (Å²) in [5.41, 5.74) is 28.5. The third-order valence-electron chi connectivity index (χ3n) is 18.8. The Morgan fingerprint density at radius 3 is 1.52 bits per heavy atom. The molecule has 2 aliphatic rings. The quantitative estimate of drug-likeness (QED) is 0.135. The number of furan rings is 1. The summed E-state index contributed by atoms with van der Waals surface area (Å²) in [4.78, 5) is 5.17. The SMILES string of the molecule is N#Cc1ccc2c(c1)c1ccccc1n2-c1ccc2c(c1)N(c1c(-c3ccccc3)cccc1-c1ccccc1)c1cc(-c3cccc(-c4ccccc4)c3)cc3c1B2c1ccc2c(oc4cccc(-c5ccccc5)c42)c1N3c1ccccc1-c1ccccc1. The van der Waals surface area contributed by atoms with Gasteiger partial charge in [-0.1, -0.05) is 255 Å². The molecular weight excluding hydrogens is 1100 g/mol. The minimum Gasteiger partial charge on any atom is -0.454 e. The van der Waals surface area contributed by atoms with Gasteiger partial charge in [0.05, 0.1) is 39.7 Å². The van der Waals surface area contributed by atoms with Gasteiger partial charge in [-0.15, -0.1) is 0 Å². The molecule has 5 nitrogen and oxygen atoms in total. The first-order valence-electron chi connectivity index (χ1n) is 31.1. The normalized spacial score (nSPS) is 12.3. The van der Waals surface area contributed by atoms with Crippen molar-refractivity contribution < 1.29 is 4.42 Å². The van der Waals surface area contributed by atoms with Crippen molar-refractivity contribution in [2.24, 2.45) is 0 Å². The van der Waals surface area contributed by atoms with E-state index in [9.17, 15) is 5.26 Å². The van der Waals surface area contributed by atoms with Gasteiger partial charge in [0.15, 0.2) is 5.58 Å². The Balaban J connectivity index is 1.02. The number of nitrogens with zero attached hydrogens (tertiary/aromatic N) is 4. The fourth-order valence-corrected chi connectivity index (χ4v) is 14.8. The predicted molar refractivity (Wildman–Crippen MR) is 379 cm³/mol. The van der Waals surface area contributed by atoms with Crippen LogP contribution in [-0.2, 0) is 0 Å². The van der Waals surface area contributed by atoms with Gasteiger partial charge in [-0.2, -0.15) is 5.26 Å². The van der Waals surface area contributed by atoms with Crippen LogP contribution in [0.2, 0.25) is 0 Å². The second-order valence-corrected chi connectivity index (χ2v) is 23.8. The number of fused-ring (bicyclic) bond motifs is 11. The van der Waals surface area contributed by atoms with Gasteiger partial charge >= 0.3 is 0 Å². The van der Waals surface area contributed by atoms with E-state index < -0.39 is 0 Å². The van der Waals surface area contributed by atoms with Crippen LogP contribution in [0.3, 0.4) is 0 Å². The molecule has 0 N–H and O–H groups in total. The molecule has 0 radical (unpaired) electrons. The number of hydrogen-bond acceptors (Lipinski definition) is 4. The van der Waals surface area contributed by atoms with Crippen LogP contribution < -0.4 is 26.2 Å². The van der Waals surface area contributed by atoms with Gasteiger partial charge in [-0.05, 0) is 133 Å². The molecule has 0 saturated heterocycles. The number of rotatable bonds is 9. The predicted octanol–water partition coefficient (Wildman–Crippen LogP) is 20.6. The van der Waals surface area contributed by atoms with E-state index in [0.29, 0.717) is 5.56 Å². The summed E-state index contributed by atoms with van der Waals surface area (Å²) in [5, 5.41) is 14.5. The number of aromatic nitrogens is 1. The van der Waals surface area contributed by atoms with E-state index in [2.05, 4.69) is 330 Å². The molecule has 6 heteroatoms. The van der Waals surface area contributed by atoms with Crippen molar-refractivity contribution in [2.75, 3.05) is 9.80 Å². The summed E-state index contributed by atoms with van der Waals surface area (Å²) in [6, 6.07) is 119. The smallest absolute Gasteiger partial charge is 0.252 e. The molecule has 16 aromatic rings. The molecule has 2 aromatic heterocycles. The minimum absolute atomic E-state index is 0.295. The number of hydrogen-bond donors (Lipinski definition) is 0. The minimum atomic E-state index is -0.295. The summed E-state index contributed by atoms with van der Waals surface area (Å²) in [7, 11) is 0. The summed E-state index contributed by atoms with van der Waals surface area (Å²) in [6.45, 7) is -0.295. The zero-order valence-corrected chi connectivity index (χ0v) is 49.4. The van der Waals surface area contributed by atoms with Crippen LogP contribution in [0.15, 0.2) is 326 Å². The Labute approximate surface area is 527 Å². The first kappa shape index (κ1) is 52.0. The molecule has 0 aliphatic carbocycles. The van der Waals surface area contributed by atoms with E-state index in [1.54, 1.807) is 0 Å². The summed E-state index contributed by atoms with van der Waals surface area (Å²) in [6.07, 6.45) is 0.